The van der Waals surface area contributed by atoms with Gasteiger partial charge in [0.2, 0.25) is 0 Å². The number of benzene rings is 3. The van der Waals surface area contributed by atoms with Crippen molar-refractivity contribution in [3.8, 4) is 0 Å². The zero-order valence-corrected chi connectivity index (χ0v) is 22.1. The van der Waals surface area contributed by atoms with E-state index in [2.05, 4.69) is 11.4 Å². The Morgan fingerprint density at radius 3 is 2.33 bits per heavy atom. The summed E-state index contributed by atoms with van der Waals surface area (Å²) in [6.45, 7) is 0.800. The van der Waals surface area contributed by atoms with Crippen molar-refractivity contribution in [3.05, 3.63) is 101 Å². The van der Waals surface area contributed by atoms with E-state index < -0.39 is 24.3 Å². The lowest BCUT2D eigenvalue weighted by atomic mass is 9.93. The number of aliphatic carboxylic acids is 1. The van der Waals surface area contributed by atoms with Crippen molar-refractivity contribution < 1.29 is 28.3 Å². The van der Waals surface area contributed by atoms with Crippen LogP contribution in [0.3, 0.4) is 0 Å². The molecule has 0 aliphatic heterocycles. The molecule has 40 heavy (non-hydrogen) atoms. The van der Waals surface area contributed by atoms with Crippen molar-refractivity contribution in [2.75, 3.05) is 16.8 Å². The Hall–Kier alpha value is -4.53. The number of halogens is 2. The zero-order chi connectivity index (χ0) is 28.7. The predicted molar refractivity (Wildman–Crippen MR) is 151 cm³/mol. The molecule has 0 fully saturated rings. The van der Waals surface area contributed by atoms with Crippen LogP contribution in [0.4, 0.5) is 25.0 Å². The molecule has 0 bridgehead atoms. The number of urea groups is 1. The monoisotopic (exact) mass is 547 g/mol. The van der Waals surface area contributed by atoms with Gasteiger partial charge in [0.1, 0.15) is 0 Å². The fourth-order valence-corrected chi connectivity index (χ4v) is 4.46. The Kier molecular flexibility index (Phi) is 8.93. The van der Waals surface area contributed by atoms with E-state index >= 15 is 0 Å². The highest BCUT2D eigenvalue weighted by Gasteiger charge is 2.39. The van der Waals surface area contributed by atoms with Crippen LogP contribution in [-0.2, 0) is 11.3 Å². The van der Waals surface area contributed by atoms with Crippen molar-refractivity contribution in [1.29, 1.82) is 0 Å². The number of anilines is 2. The Labute approximate surface area is 231 Å². The molecule has 3 aromatic rings. The molecule has 3 aromatic carbocycles. The number of carboxylic acid groups (broad SMARTS) is 1. The fraction of sp³-hybridized carbons (Fsp3) is 0.258. The van der Waals surface area contributed by atoms with Gasteiger partial charge in [-0.3, -0.25) is 9.69 Å². The average Bonchev–Trinajstić information content (AvgIpc) is 2.95. The van der Waals surface area contributed by atoms with Gasteiger partial charge in [-0.25, -0.2) is 9.59 Å². The smallest absolute Gasteiger partial charge is 0.376 e. The number of hydrogen-bond donors (Lipinski definition) is 3. The first kappa shape index (κ1) is 28.5. The van der Waals surface area contributed by atoms with Crippen molar-refractivity contribution in [1.82, 2.24) is 5.32 Å². The van der Waals surface area contributed by atoms with Crippen molar-refractivity contribution >= 4 is 34.9 Å². The van der Waals surface area contributed by atoms with E-state index in [0.717, 1.165) is 30.4 Å². The normalized spacial score (nSPS) is 13.2. The van der Waals surface area contributed by atoms with Crippen molar-refractivity contribution in [2.24, 2.45) is 0 Å². The van der Waals surface area contributed by atoms with Crippen molar-refractivity contribution in [3.63, 3.8) is 0 Å². The van der Waals surface area contributed by atoms with Gasteiger partial charge >= 0.3 is 17.9 Å². The Balaban J connectivity index is 1.52. The summed E-state index contributed by atoms with van der Waals surface area (Å²) < 4.78 is 26.6. The maximum Gasteiger partial charge on any atom is 0.376 e. The second-order valence-corrected chi connectivity index (χ2v) is 9.80. The number of nitrogens with zero attached hydrogens (tertiary/aromatic N) is 1. The molecule has 0 aromatic heterocycles. The SMILES string of the molecule is Cc1cccc(NC(=O)N(Cc2ccc(C(=O)NCC(F)(F)C(=O)O)cc2)c2ccc(C3=CCCCC3)cc2)c1. The van der Waals surface area contributed by atoms with E-state index in [9.17, 15) is 23.2 Å². The average molecular weight is 548 g/mol. The molecule has 0 atom stereocenters. The summed E-state index contributed by atoms with van der Waals surface area (Å²) in [7, 11) is 0. The summed E-state index contributed by atoms with van der Waals surface area (Å²) in [6, 6.07) is 21.1. The minimum atomic E-state index is -4.07. The van der Waals surface area contributed by atoms with E-state index in [-0.39, 0.29) is 18.1 Å². The van der Waals surface area contributed by atoms with E-state index in [0.29, 0.717) is 16.9 Å². The summed E-state index contributed by atoms with van der Waals surface area (Å²) in [5.41, 5.74) is 5.57. The Bertz CT molecular complexity index is 1400. The first-order valence-corrected chi connectivity index (χ1v) is 13.1. The lowest BCUT2D eigenvalue weighted by molar-refractivity contribution is -0.163. The lowest BCUT2D eigenvalue weighted by Crippen LogP contribution is -2.42. The molecule has 9 heteroatoms. The molecule has 0 saturated heterocycles. The third-order valence-electron chi connectivity index (χ3n) is 6.70. The van der Waals surface area contributed by atoms with Gasteiger partial charge in [0.15, 0.2) is 0 Å². The number of nitrogens with one attached hydrogen (secondary N) is 2. The van der Waals surface area contributed by atoms with Crippen molar-refractivity contribution in [2.45, 2.75) is 45.1 Å². The fourth-order valence-electron chi connectivity index (χ4n) is 4.46. The number of carbonyl (C=O) groups is 3. The molecule has 3 N–H and O–H groups in total. The minimum absolute atomic E-state index is 0.0887. The maximum absolute atomic E-state index is 13.4. The van der Waals surface area contributed by atoms with Gasteiger partial charge in [-0.15, -0.1) is 0 Å². The highest BCUT2D eigenvalue weighted by Crippen LogP contribution is 2.29. The first-order chi connectivity index (χ1) is 19.1. The number of alkyl halides is 2. The number of carboxylic acids is 1. The molecule has 0 heterocycles. The van der Waals surface area contributed by atoms with Crippen LogP contribution in [0, 0.1) is 6.92 Å². The number of hydrogen-bond acceptors (Lipinski definition) is 3. The summed E-state index contributed by atoms with van der Waals surface area (Å²) in [4.78, 5) is 37.9. The van der Waals surface area contributed by atoms with Crippen LogP contribution in [0.2, 0.25) is 0 Å². The van der Waals surface area contributed by atoms with Crippen LogP contribution in [-0.4, -0.2) is 35.5 Å². The highest BCUT2D eigenvalue weighted by molar-refractivity contribution is 6.02. The summed E-state index contributed by atoms with van der Waals surface area (Å²) in [5, 5.41) is 13.4. The van der Waals surface area contributed by atoms with Gasteiger partial charge in [-0.05, 0) is 91.3 Å². The minimum Gasteiger partial charge on any atom is -0.477 e. The molecule has 0 saturated carbocycles. The maximum atomic E-state index is 13.4. The number of aryl methyl sites for hydroxylation is 1. The number of rotatable bonds is 9. The molecule has 7 nitrogen and oxygen atoms in total. The van der Waals surface area contributed by atoms with Gasteiger partial charge in [-0.2, -0.15) is 8.78 Å². The molecule has 4 rings (SSSR count). The molecule has 208 valence electrons. The van der Waals surface area contributed by atoms with Gasteiger partial charge in [-0.1, -0.05) is 42.5 Å². The van der Waals surface area contributed by atoms with Crippen LogP contribution in [0.15, 0.2) is 78.9 Å². The van der Waals surface area contributed by atoms with E-state index in [1.54, 1.807) is 17.0 Å². The highest BCUT2D eigenvalue weighted by atomic mass is 19.3. The standard InChI is InChI=1S/C31H31F2N3O4/c1-21-6-5-9-26(18-21)35-30(40)36(27-16-14-24(15-17-27)23-7-3-2-4-8-23)19-22-10-12-25(13-11-22)28(37)34-20-31(32,33)29(38)39/h5-7,9-18H,2-4,8,19-20H2,1H3,(H,34,37)(H,35,40)(H,38,39). The van der Waals surface area contributed by atoms with E-state index in [4.69, 9.17) is 5.11 Å². The van der Waals surface area contributed by atoms with Crippen LogP contribution in [0.1, 0.15) is 52.7 Å². The predicted octanol–water partition coefficient (Wildman–Crippen LogP) is 6.64. The van der Waals surface area contributed by atoms with Gasteiger partial charge in [0.25, 0.3) is 5.91 Å². The largest absolute Gasteiger partial charge is 0.477 e. The third kappa shape index (κ3) is 7.31. The molecule has 1 aliphatic rings. The Morgan fingerprint density at radius 2 is 1.70 bits per heavy atom. The number of amides is 3. The summed E-state index contributed by atoms with van der Waals surface area (Å²) >= 11 is 0. The van der Waals surface area contributed by atoms with Gasteiger partial charge in [0.05, 0.1) is 13.1 Å². The molecule has 3 amide bonds. The topological polar surface area (TPSA) is 98.7 Å². The van der Waals surface area contributed by atoms with Crippen LogP contribution in [0.25, 0.3) is 5.57 Å². The van der Waals surface area contributed by atoms with Gasteiger partial charge < -0.3 is 15.7 Å². The lowest BCUT2D eigenvalue weighted by Gasteiger charge is -2.24. The molecule has 0 spiro atoms. The molecule has 1 aliphatic carbocycles. The van der Waals surface area contributed by atoms with Crippen LogP contribution in [0.5, 0.6) is 0 Å². The molecule has 0 unspecified atom stereocenters. The summed E-state index contributed by atoms with van der Waals surface area (Å²) in [6.07, 6.45) is 6.72. The van der Waals surface area contributed by atoms with E-state index in [1.165, 1.54) is 24.1 Å². The second-order valence-electron chi connectivity index (χ2n) is 9.80. The molecular formula is C31H31F2N3O4. The van der Waals surface area contributed by atoms with Gasteiger partial charge in [0, 0.05) is 16.9 Å². The Morgan fingerprint density at radius 1 is 0.975 bits per heavy atom. The molecular weight excluding hydrogens is 516 g/mol. The molecule has 0 radical (unpaired) electrons. The first-order valence-electron chi connectivity index (χ1n) is 13.1. The van der Waals surface area contributed by atoms with Crippen LogP contribution >= 0.6 is 0 Å². The third-order valence-corrected chi connectivity index (χ3v) is 6.70. The zero-order valence-electron chi connectivity index (χ0n) is 22.1. The quantitative estimate of drug-likeness (QED) is 0.280. The second kappa shape index (κ2) is 12.5. The summed E-state index contributed by atoms with van der Waals surface area (Å²) in [5.74, 6) is -7.20. The van der Waals surface area contributed by atoms with E-state index in [1.807, 2.05) is 60.8 Å². The number of allylic oxidation sites excluding steroid dienone is 2. The van der Waals surface area contributed by atoms with Crippen LogP contribution < -0.4 is 15.5 Å². The number of carbonyl (C=O) groups excluding carboxylic acids is 2.